The topological polar surface area (TPSA) is 53.4 Å². The quantitative estimate of drug-likeness (QED) is 0.451. The van der Waals surface area contributed by atoms with Crippen LogP contribution in [0.2, 0.25) is 0 Å². The van der Waals surface area contributed by atoms with Crippen LogP contribution in [0.4, 0.5) is 5.82 Å². The average molecular weight is 474 g/mol. The predicted molar refractivity (Wildman–Crippen MR) is 146 cm³/mol. The fourth-order valence-electron chi connectivity index (χ4n) is 5.19. The summed E-state index contributed by atoms with van der Waals surface area (Å²) in [4.78, 5) is 22.0. The van der Waals surface area contributed by atoms with Crippen LogP contribution in [0.15, 0.2) is 65.7 Å². The lowest BCUT2D eigenvalue weighted by atomic mass is 9.98. The van der Waals surface area contributed by atoms with Crippen LogP contribution >= 0.6 is 0 Å². The second-order valence-electron chi connectivity index (χ2n) is 9.77. The van der Waals surface area contributed by atoms with Gasteiger partial charge in [0.2, 0.25) is 0 Å². The van der Waals surface area contributed by atoms with Crippen molar-refractivity contribution < 1.29 is 0 Å². The molecule has 1 fully saturated rings. The number of pyridine rings is 2. The van der Waals surface area contributed by atoms with E-state index >= 15 is 0 Å². The molecule has 0 unspecified atom stereocenters. The normalized spacial score (nSPS) is 16.8. The van der Waals surface area contributed by atoms with E-state index in [4.69, 9.17) is 0 Å². The Kier molecular flexibility index (Phi) is 7.91. The van der Waals surface area contributed by atoms with E-state index in [1.54, 1.807) is 6.07 Å². The second-order valence-corrected chi connectivity index (χ2v) is 9.77. The Hall–Kier alpha value is -3.12. The highest BCUT2D eigenvalue weighted by molar-refractivity contribution is 5.80. The zero-order chi connectivity index (χ0) is 24.9. The van der Waals surface area contributed by atoms with Gasteiger partial charge < -0.3 is 14.8 Å². The molecule has 0 saturated carbocycles. The molecular formula is C29H39N5O. The first-order valence-corrected chi connectivity index (χ1v) is 12.9. The SMILES string of the molecule is CC=CN1CCN([C@@H](CC)c2ccc([C@H](C)Nc3cc4c(ccc(=O)n4C(C)C)cn3)cc2)CC1. The fourth-order valence-corrected chi connectivity index (χ4v) is 5.19. The molecule has 1 saturated heterocycles. The molecule has 2 atom stereocenters. The number of hydrogen-bond acceptors (Lipinski definition) is 5. The smallest absolute Gasteiger partial charge is 0.251 e. The Morgan fingerprint density at radius 2 is 1.69 bits per heavy atom. The maximum absolute atomic E-state index is 12.4. The van der Waals surface area contributed by atoms with Gasteiger partial charge in [0.1, 0.15) is 5.82 Å². The van der Waals surface area contributed by atoms with Crippen LogP contribution in [0, 0.1) is 0 Å². The van der Waals surface area contributed by atoms with E-state index in [9.17, 15) is 4.79 Å². The summed E-state index contributed by atoms with van der Waals surface area (Å²) >= 11 is 0. The number of piperazine rings is 1. The van der Waals surface area contributed by atoms with Crippen LogP contribution in [0.25, 0.3) is 10.9 Å². The van der Waals surface area contributed by atoms with Gasteiger partial charge >= 0.3 is 0 Å². The van der Waals surface area contributed by atoms with Crippen LogP contribution in [-0.2, 0) is 0 Å². The molecule has 0 bridgehead atoms. The summed E-state index contributed by atoms with van der Waals surface area (Å²) in [5.74, 6) is 0.777. The van der Waals surface area contributed by atoms with E-state index < -0.39 is 0 Å². The minimum Gasteiger partial charge on any atom is -0.375 e. The van der Waals surface area contributed by atoms with Crippen molar-refractivity contribution in [3.8, 4) is 0 Å². The zero-order valence-corrected chi connectivity index (χ0v) is 21.7. The van der Waals surface area contributed by atoms with Crippen LogP contribution in [0.5, 0.6) is 0 Å². The molecule has 2 aromatic heterocycles. The molecule has 1 N–H and O–H groups in total. The number of rotatable bonds is 8. The molecule has 6 heteroatoms. The maximum Gasteiger partial charge on any atom is 0.251 e. The Morgan fingerprint density at radius 3 is 2.31 bits per heavy atom. The monoisotopic (exact) mass is 473 g/mol. The van der Waals surface area contributed by atoms with Gasteiger partial charge in [-0.25, -0.2) is 4.98 Å². The lowest BCUT2D eigenvalue weighted by Gasteiger charge is -2.39. The molecule has 1 aliphatic rings. The standard InChI is InChI=1S/C29H39N5O/c1-6-14-32-15-17-33(18-16-32)26(7-2)24-10-8-23(9-11-24)22(5)31-28-19-27-25(20-30-28)12-13-29(35)34(27)21(3)4/h6,8-14,19-22,26H,7,15-18H2,1-5H3,(H,30,31)/t22-,26-/m0/s1. The number of anilines is 1. The Balaban J connectivity index is 1.47. The summed E-state index contributed by atoms with van der Waals surface area (Å²) in [6, 6.07) is 15.1. The number of nitrogens with one attached hydrogen (secondary N) is 1. The fraction of sp³-hybridized carbons (Fsp3) is 0.448. The van der Waals surface area contributed by atoms with Gasteiger partial charge in [-0.2, -0.15) is 0 Å². The first kappa shape index (κ1) is 25.0. The van der Waals surface area contributed by atoms with Gasteiger partial charge in [-0.05, 0) is 57.5 Å². The van der Waals surface area contributed by atoms with Crippen LogP contribution in [0.3, 0.4) is 0 Å². The molecule has 0 radical (unpaired) electrons. The molecule has 6 nitrogen and oxygen atoms in total. The Morgan fingerprint density at radius 1 is 1.00 bits per heavy atom. The van der Waals surface area contributed by atoms with Gasteiger partial charge in [0.25, 0.3) is 5.56 Å². The lowest BCUT2D eigenvalue weighted by Crippen LogP contribution is -2.45. The number of fused-ring (bicyclic) bond motifs is 1. The van der Waals surface area contributed by atoms with Crippen LogP contribution in [-0.4, -0.2) is 45.5 Å². The number of hydrogen-bond donors (Lipinski definition) is 1. The van der Waals surface area contributed by atoms with Gasteiger partial charge in [-0.3, -0.25) is 9.69 Å². The molecule has 0 aliphatic carbocycles. The zero-order valence-electron chi connectivity index (χ0n) is 21.7. The molecule has 3 heterocycles. The second kappa shape index (κ2) is 11.1. The van der Waals surface area contributed by atoms with Crippen molar-refractivity contribution >= 4 is 16.7 Å². The molecule has 1 aliphatic heterocycles. The van der Waals surface area contributed by atoms with Gasteiger partial charge in [0, 0.05) is 68.0 Å². The van der Waals surface area contributed by atoms with Crippen molar-refractivity contribution in [2.45, 2.75) is 59.2 Å². The largest absolute Gasteiger partial charge is 0.375 e. The summed E-state index contributed by atoms with van der Waals surface area (Å²) in [7, 11) is 0. The summed E-state index contributed by atoms with van der Waals surface area (Å²) in [6.07, 6.45) is 7.27. The summed E-state index contributed by atoms with van der Waals surface area (Å²) in [6.45, 7) is 14.9. The average Bonchev–Trinajstić information content (AvgIpc) is 2.85. The third kappa shape index (κ3) is 5.59. The highest BCUT2D eigenvalue weighted by Crippen LogP contribution is 2.28. The molecule has 1 aromatic carbocycles. The van der Waals surface area contributed by atoms with Crippen LogP contribution < -0.4 is 10.9 Å². The van der Waals surface area contributed by atoms with E-state index in [1.165, 1.54) is 11.1 Å². The van der Waals surface area contributed by atoms with Gasteiger partial charge in [-0.1, -0.05) is 37.3 Å². The van der Waals surface area contributed by atoms with E-state index in [-0.39, 0.29) is 17.6 Å². The van der Waals surface area contributed by atoms with E-state index in [0.29, 0.717) is 6.04 Å². The third-order valence-corrected chi connectivity index (χ3v) is 7.05. The maximum atomic E-state index is 12.4. The molecule has 35 heavy (non-hydrogen) atoms. The van der Waals surface area contributed by atoms with E-state index in [1.807, 2.05) is 36.7 Å². The number of allylic oxidation sites excluding steroid dienone is 1. The van der Waals surface area contributed by atoms with E-state index in [2.05, 4.69) is 77.4 Å². The summed E-state index contributed by atoms with van der Waals surface area (Å²) in [5, 5.41) is 4.50. The number of nitrogens with zero attached hydrogens (tertiary/aromatic N) is 4. The van der Waals surface area contributed by atoms with Crippen molar-refractivity contribution in [2.24, 2.45) is 0 Å². The highest BCUT2D eigenvalue weighted by atomic mass is 16.1. The molecular weight excluding hydrogens is 434 g/mol. The van der Waals surface area contributed by atoms with Crippen molar-refractivity contribution in [1.82, 2.24) is 19.4 Å². The van der Waals surface area contributed by atoms with Gasteiger partial charge in [0.05, 0.1) is 5.52 Å². The van der Waals surface area contributed by atoms with Crippen molar-refractivity contribution in [3.63, 3.8) is 0 Å². The third-order valence-electron chi connectivity index (χ3n) is 7.05. The summed E-state index contributed by atoms with van der Waals surface area (Å²) in [5.41, 5.74) is 3.53. The minimum absolute atomic E-state index is 0.0157. The molecule has 4 rings (SSSR count). The minimum atomic E-state index is 0.0157. The molecule has 0 spiro atoms. The van der Waals surface area contributed by atoms with Crippen LogP contribution in [0.1, 0.15) is 70.3 Å². The predicted octanol–water partition coefficient (Wildman–Crippen LogP) is 5.75. The lowest BCUT2D eigenvalue weighted by molar-refractivity contribution is 0.119. The Labute approximate surface area is 209 Å². The molecule has 0 amide bonds. The first-order valence-electron chi connectivity index (χ1n) is 12.9. The van der Waals surface area contributed by atoms with Gasteiger partial charge in [-0.15, -0.1) is 0 Å². The van der Waals surface area contributed by atoms with E-state index in [0.717, 1.165) is 49.3 Å². The first-order chi connectivity index (χ1) is 16.9. The van der Waals surface area contributed by atoms with Crippen molar-refractivity contribution in [2.75, 3.05) is 31.5 Å². The summed E-state index contributed by atoms with van der Waals surface area (Å²) < 4.78 is 1.82. The van der Waals surface area contributed by atoms with Crippen molar-refractivity contribution in [3.05, 3.63) is 82.4 Å². The Bertz CT molecular complexity index is 1210. The van der Waals surface area contributed by atoms with Crippen molar-refractivity contribution in [1.29, 1.82) is 0 Å². The number of benzene rings is 1. The number of aromatic nitrogens is 2. The highest BCUT2D eigenvalue weighted by Gasteiger charge is 2.23. The molecule has 186 valence electrons. The van der Waals surface area contributed by atoms with Gasteiger partial charge in [0.15, 0.2) is 0 Å². The molecule has 3 aromatic rings.